The van der Waals surface area contributed by atoms with Crippen LogP contribution in [-0.2, 0) is 0 Å². The van der Waals surface area contributed by atoms with E-state index in [9.17, 15) is 4.79 Å². The quantitative estimate of drug-likeness (QED) is 0.765. The first kappa shape index (κ1) is 15.9. The zero-order valence-electron chi connectivity index (χ0n) is 12.5. The highest BCUT2D eigenvalue weighted by Gasteiger charge is 2.16. The lowest BCUT2D eigenvalue weighted by Crippen LogP contribution is -2.39. The van der Waals surface area contributed by atoms with Crippen molar-refractivity contribution >= 4 is 6.03 Å². The molecule has 0 aliphatic carbocycles. The van der Waals surface area contributed by atoms with Gasteiger partial charge in [0.1, 0.15) is 5.75 Å². The fourth-order valence-electron chi connectivity index (χ4n) is 2.15. The predicted octanol–water partition coefficient (Wildman–Crippen LogP) is 2.08. The van der Waals surface area contributed by atoms with Crippen LogP contribution in [0.25, 0.3) is 0 Å². The van der Waals surface area contributed by atoms with Crippen LogP contribution < -0.4 is 15.4 Å². The molecule has 0 heterocycles. The second-order valence-electron chi connectivity index (χ2n) is 4.74. The molecule has 0 fully saturated rings. The standard InChI is InChI=1S/C17H20N2O3/c1-22-15-9-7-14(8-10-15)16(13-5-3-2-4-6-13)19-17(21)18-11-12-20/h2-10,16,20H,11-12H2,1H3,(H2,18,19,21). The Labute approximate surface area is 129 Å². The monoisotopic (exact) mass is 300 g/mol. The third-order valence-corrected chi connectivity index (χ3v) is 3.25. The van der Waals surface area contributed by atoms with E-state index in [-0.39, 0.29) is 25.2 Å². The van der Waals surface area contributed by atoms with E-state index in [2.05, 4.69) is 10.6 Å². The summed E-state index contributed by atoms with van der Waals surface area (Å²) in [5, 5.41) is 14.3. The number of aliphatic hydroxyl groups excluding tert-OH is 1. The Balaban J connectivity index is 2.22. The van der Waals surface area contributed by atoms with E-state index in [1.807, 2.05) is 54.6 Å². The SMILES string of the molecule is COc1ccc(C(NC(=O)NCCO)c2ccccc2)cc1. The molecule has 0 saturated carbocycles. The number of methoxy groups -OCH3 is 1. The van der Waals surface area contributed by atoms with E-state index in [1.165, 1.54) is 0 Å². The van der Waals surface area contributed by atoms with Crippen molar-refractivity contribution in [3.8, 4) is 5.75 Å². The van der Waals surface area contributed by atoms with Gasteiger partial charge in [-0.1, -0.05) is 42.5 Å². The summed E-state index contributed by atoms with van der Waals surface area (Å²) in [5.74, 6) is 0.764. The zero-order valence-corrected chi connectivity index (χ0v) is 12.5. The first-order valence-electron chi connectivity index (χ1n) is 7.08. The normalized spacial score (nSPS) is 11.5. The Bertz CT molecular complexity index is 585. The summed E-state index contributed by atoms with van der Waals surface area (Å²) in [6.07, 6.45) is 0. The van der Waals surface area contributed by atoms with Gasteiger partial charge in [-0.15, -0.1) is 0 Å². The van der Waals surface area contributed by atoms with Crippen LogP contribution in [0.2, 0.25) is 0 Å². The summed E-state index contributed by atoms with van der Waals surface area (Å²) in [5.41, 5.74) is 1.93. The number of hydrogen-bond donors (Lipinski definition) is 3. The third kappa shape index (κ3) is 4.23. The van der Waals surface area contributed by atoms with Gasteiger partial charge < -0.3 is 20.5 Å². The average molecular weight is 300 g/mol. The lowest BCUT2D eigenvalue weighted by Gasteiger charge is -2.20. The van der Waals surface area contributed by atoms with Crippen LogP contribution in [0.1, 0.15) is 17.2 Å². The molecule has 0 saturated heterocycles. The Morgan fingerprint density at radius 1 is 1.09 bits per heavy atom. The molecule has 0 aliphatic rings. The Kier molecular flexibility index (Phi) is 5.80. The van der Waals surface area contributed by atoms with Crippen molar-refractivity contribution in [1.82, 2.24) is 10.6 Å². The van der Waals surface area contributed by atoms with Crippen LogP contribution >= 0.6 is 0 Å². The van der Waals surface area contributed by atoms with Crippen LogP contribution in [0.3, 0.4) is 0 Å². The second kappa shape index (κ2) is 8.05. The van der Waals surface area contributed by atoms with Gasteiger partial charge in [-0.05, 0) is 23.3 Å². The Hall–Kier alpha value is -2.53. The van der Waals surface area contributed by atoms with Gasteiger partial charge in [0, 0.05) is 6.54 Å². The van der Waals surface area contributed by atoms with Crippen LogP contribution in [0.4, 0.5) is 4.79 Å². The van der Waals surface area contributed by atoms with Crippen molar-refractivity contribution in [3.63, 3.8) is 0 Å². The molecule has 2 aromatic rings. The minimum absolute atomic E-state index is 0.0913. The smallest absolute Gasteiger partial charge is 0.315 e. The van der Waals surface area contributed by atoms with Crippen molar-refractivity contribution in [1.29, 1.82) is 0 Å². The van der Waals surface area contributed by atoms with Gasteiger partial charge >= 0.3 is 6.03 Å². The molecular formula is C17H20N2O3. The highest BCUT2D eigenvalue weighted by Crippen LogP contribution is 2.24. The molecule has 0 bridgehead atoms. The summed E-state index contributed by atoms with van der Waals surface area (Å²) in [4.78, 5) is 11.9. The van der Waals surface area contributed by atoms with E-state index < -0.39 is 0 Å². The number of rotatable bonds is 6. The molecule has 5 nitrogen and oxygen atoms in total. The molecule has 2 rings (SSSR count). The maximum absolute atomic E-state index is 11.9. The van der Waals surface area contributed by atoms with Crippen LogP contribution in [-0.4, -0.2) is 31.4 Å². The summed E-state index contributed by atoms with van der Waals surface area (Å²) >= 11 is 0. The number of aliphatic hydroxyl groups is 1. The van der Waals surface area contributed by atoms with Crippen molar-refractivity contribution in [2.45, 2.75) is 6.04 Å². The molecule has 1 atom stereocenters. The summed E-state index contributed by atoms with van der Waals surface area (Å²) in [6, 6.07) is 16.7. The van der Waals surface area contributed by atoms with Crippen molar-refractivity contribution in [2.75, 3.05) is 20.3 Å². The molecular weight excluding hydrogens is 280 g/mol. The molecule has 0 spiro atoms. The Morgan fingerprint density at radius 2 is 1.73 bits per heavy atom. The minimum atomic E-state index is -0.321. The number of carbonyl (C=O) groups excluding carboxylic acids is 1. The molecule has 0 aromatic heterocycles. The largest absolute Gasteiger partial charge is 0.497 e. The number of benzene rings is 2. The highest BCUT2D eigenvalue weighted by atomic mass is 16.5. The first-order valence-corrected chi connectivity index (χ1v) is 7.08. The van der Waals surface area contributed by atoms with Gasteiger partial charge in [-0.25, -0.2) is 4.79 Å². The highest BCUT2D eigenvalue weighted by molar-refractivity contribution is 5.75. The zero-order chi connectivity index (χ0) is 15.8. The molecule has 3 N–H and O–H groups in total. The number of nitrogens with one attached hydrogen (secondary N) is 2. The van der Waals surface area contributed by atoms with Crippen molar-refractivity contribution < 1.29 is 14.6 Å². The molecule has 22 heavy (non-hydrogen) atoms. The average Bonchev–Trinajstić information content (AvgIpc) is 2.59. The number of amides is 2. The molecule has 0 radical (unpaired) electrons. The molecule has 116 valence electrons. The fraction of sp³-hybridized carbons (Fsp3) is 0.235. The maximum Gasteiger partial charge on any atom is 0.315 e. The van der Waals surface area contributed by atoms with Crippen LogP contribution in [0.15, 0.2) is 54.6 Å². The van der Waals surface area contributed by atoms with Gasteiger partial charge in [0.25, 0.3) is 0 Å². The molecule has 0 aliphatic heterocycles. The summed E-state index contributed by atoms with van der Waals surface area (Å²) < 4.78 is 5.16. The van der Waals surface area contributed by atoms with Gasteiger partial charge in [0.2, 0.25) is 0 Å². The third-order valence-electron chi connectivity index (χ3n) is 3.25. The maximum atomic E-state index is 11.9. The Morgan fingerprint density at radius 3 is 2.32 bits per heavy atom. The number of ether oxygens (including phenoxy) is 1. The summed E-state index contributed by atoms with van der Waals surface area (Å²) in [6.45, 7) is 0.127. The van der Waals surface area contributed by atoms with E-state index in [1.54, 1.807) is 7.11 Å². The minimum Gasteiger partial charge on any atom is -0.497 e. The van der Waals surface area contributed by atoms with E-state index in [0.717, 1.165) is 16.9 Å². The predicted molar refractivity (Wildman–Crippen MR) is 84.9 cm³/mol. The number of hydrogen-bond acceptors (Lipinski definition) is 3. The van der Waals surface area contributed by atoms with E-state index in [0.29, 0.717) is 0 Å². The lowest BCUT2D eigenvalue weighted by molar-refractivity contribution is 0.232. The van der Waals surface area contributed by atoms with Gasteiger partial charge in [0.15, 0.2) is 0 Å². The summed E-state index contributed by atoms with van der Waals surface area (Å²) in [7, 11) is 1.62. The molecule has 5 heteroatoms. The van der Waals surface area contributed by atoms with E-state index >= 15 is 0 Å². The second-order valence-corrected chi connectivity index (χ2v) is 4.74. The first-order chi connectivity index (χ1) is 10.7. The van der Waals surface area contributed by atoms with E-state index in [4.69, 9.17) is 9.84 Å². The lowest BCUT2D eigenvalue weighted by atomic mass is 9.99. The topological polar surface area (TPSA) is 70.6 Å². The van der Waals surface area contributed by atoms with Gasteiger partial charge in [0.05, 0.1) is 19.8 Å². The number of urea groups is 1. The molecule has 2 amide bonds. The molecule has 1 unspecified atom stereocenters. The van der Waals surface area contributed by atoms with Gasteiger partial charge in [-0.3, -0.25) is 0 Å². The van der Waals surface area contributed by atoms with Crippen molar-refractivity contribution in [2.24, 2.45) is 0 Å². The van der Waals surface area contributed by atoms with Crippen LogP contribution in [0, 0.1) is 0 Å². The van der Waals surface area contributed by atoms with Gasteiger partial charge in [-0.2, -0.15) is 0 Å². The number of carbonyl (C=O) groups is 1. The fourth-order valence-corrected chi connectivity index (χ4v) is 2.15. The van der Waals surface area contributed by atoms with Crippen molar-refractivity contribution in [3.05, 3.63) is 65.7 Å². The van der Waals surface area contributed by atoms with Crippen LogP contribution in [0.5, 0.6) is 5.75 Å². The molecule has 2 aromatic carbocycles.